The summed E-state index contributed by atoms with van der Waals surface area (Å²) in [5, 5.41) is 0. The van der Waals surface area contributed by atoms with Crippen LogP contribution in [0.5, 0.6) is 0 Å². The molecule has 120 valence electrons. The summed E-state index contributed by atoms with van der Waals surface area (Å²) in [6.45, 7) is 7.78. The van der Waals surface area contributed by atoms with Gasteiger partial charge in [-0.25, -0.2) is 0 Å². The number of nitrogens with zero attached hydrogens (tertiary/aromatic N) is 3. The molecule has 1 amide bonds. The zero-order valence-corrected chi connectivity index (χ0v) is 13.9. The Morgan fingerprint density at radius 1 is 0.913 bits per heavy atom. The van der Waals surface area contributed by atoms with Crippen LogP contribution < -0.4 is 0 Å². The van der Waals surface area contributed by atoms with E-state index >= 15 is 0 Å². The number of ketones is 1. The SMILES string of the molecule is CC(C)N(C(=O)c1ncccc1C(=O)c1ccccn1)C(C)C. The van der Waals surface area contributed by atoms with Crippen molar-refractivity contribution < 1.29 is 9.59 Å². The summed E-state index contributed by atoms with van der Waals surface area (Å²) in [5.41, 5.74) is 0.753. The number of carbonyl (C=O) groups excluding carboxylic acids is 2. The van der Waals surface area contributed by atoms with Crippen LogP contribution in [0.25, 0.3) is 0 Å². The highest BCUT2D eigenvalue weighted by Gasteiger charge is 2.27. The molecule has 5 heteroatoms. The molecule has 0 atom stereocenters. The first-order valence-electron chi connectivity index (χ1n) is 7.67. The number of aromatic nitrogens is 2. The minimum Gasteiger partial charge on any atom is -0.332 e. The molecule has 0 radical (unpaired) electrons. The van der Waals surface area contributed by atoms with Crippen molar-refractivity contribution in [3.63, 3.8) is 0 Å². The van der Waals surface area contributed by atoms with E-state index in [1.807, 2.05) is 27.7 Å². The Kier molecular flexibility index (Phi) is 5.21. The molecule has 0 saturated carbocycles. The smallest absolute Gasteiger partial charge is 0.273 e. The molecule has 0 fully saturated rings. The maximum Gasteiger partial charge on any atom is 0.273 e. The maximum absolute atomic E-state index is 12.9. The van der Waals surface area contributed by atoms with Gasteiger partial charge in [0.1, 0.15) is 11.4 Å². The van der Waals surface area contributed by atoms with Gasteiger partial charge < -0.3 is 4.90 Å². The van der Waals surface area contributed by atoms with E-state index in [9.17, 15) is 9.59 Å². The average Bonchev–Trinajstić information content (AvgIpc) is 2.54. The molecular weight excluding hydrogens is 290 g/mol. The van der Waals surface area contributed by atoms with Crippen LogP contribution in [0.2, 0.25) is 0 Å². The lowest BCUT2D eigenvalue weighted by atomic mass is 10.0. The van der Waals surface area contributed by atoms with Crippen molar-refractivity contribution in [2.24, 2.45) is 0 Å². The highest BCUT2D eigenvalue weighted by Crippen LogP contribution is 2.16. The predicted octanol–water partition coefficient (Wildman–Crippen LogP) is 2.97. The van der Waals surface area contributed by atoms with E-state index in [0.29, 0.717) is 5.69 Å². The first-order chi connectivity index (χ1) is 10.9. The van der Waals surface area contributed by atoms with Gasteiger partial charge in [0.2, 0.25) is 5.78 Å². The summed E-state index contributed by atoms with van der Waals surface area (Å²) in [5.74, 6) is -0.538. The Hall–Kier alpha value is -2.56. The third-order valence-corrected chi connectivity index (χ3v) is 3.50. The number of pyridine rings is 2. The maximum atomic E-state index is 12.9. The molecule has 2 aromatic rings. The van der Waals surface area contributed by atoms with Crippen molar-refractivity contribution in [3.05, 3.63) is 59.7 Å². The molecule has 2 aromatic heterocycles. The second-order valence-corrected chi connectivity index (χ2v) is 5.84. The van der Waals surface area contributed by atoms with Crippen molar-refractivity contribution in [1.29, 1.82) is 0 Å². The van der Waals surface area contributed by atoms with Crippen LogP contribution >= 0.6 is 0 Å². The van der Waals surface area contributed by atoms with E-state index in [2.05, 4.69) is 9.97 Å². The van der Waals surface area contributed by atoms with Gasteiger partial charge in [-0.1, -0.05) is 6.07 Å². The van der Waals surface area contributed by atoms with E-state index in [0.717, 1.165) is 0 Å². The second kappa shape index (κ2) is 7.13. The van der Waals surface area contributed by atoms with Gasteiger partial charge in [-0.2, -0.15) is 0 Å². The minimum atomic E-state index is -0.297. The van der Waals surface area contributed by atoms with Crippen LogP contribution in [0.1, 0.15) is 54.2 Å². The first-order valence-corrected chi connectivity index (χ1v) is 7.67. The summed E-state index contributed by atoms with van der Waals surface area (Å²) in [6.07, 6.45) is 3.08. The molecule has 2 heterocycles. The number of rotatable bonds is 5. The summed E-state index contributed by atoms with van der Waals surface area (Å²) in [6, 6.07) is 8.42. The van der Waals surface area contributed by atoms with Gasteiger partial charge in [0.05, 0.1) is 5.56 Å². The van der Waals surface area contributed by atoms with Crippen molar-refractivity contribution in [2.75, 3.05) is 0 Å². The van der Waals surface area contributed by atoms with Crippen LogP contribution in [0.15, 0.2) is 42.7 Å². The van der Waals surface area contributed by atoms with Crippen molar-refractivity contribution in [3.8, 4) is 0 Å². The van der Waals surface area contributed by atoms with E-state index < -0.39 is 0 Å². The lowest BCUT2D eigenvalue weighted by molar-refractivity contribution is 0.0634. The van der Waals surface area contributed by atoms with Gasteiger partial charge in [-0.3, -0.25) is 19.6 Å². The molecule has 0 spiro atoms. The minimum absolute atomic E-state index is 0.0160. The molecule has 0 aliphatic heterocycles. The van der Waals surface area contributed by atoms with Gasteiger partial charge >= 0.3 is 0 Å². The molecule has 0 aliphatic carbocycles. The number of carbonyl (C=O) groups is 2. The monoisotopic (exact) mass is 311 g/mol. The summed E-state index contributed by atoms with van der Waals surface area (Å²) >= 11 is 0. The predicted molar refractivity (Wildman–Crippen MR) is 88.3 cm³/mol. The van der Waals surface area contributed by atoms with Gasteiger partial charge in [0, 0.05) is 24.5 Å². The molecule has 5 nitrogen and oxygen atoms in total. The largest absolute Gasteiger partial charge is 0.332 e. The summed E-state index contributed by atoms with van der Waals surface area (Å²) < 4.78 is 0. The van der Waals surface area contributed by atoms with E-state index in [1.54, 1.807) is 41.4 Å². The molecule has 0 unspecified atom stereocenters. The summed E-state index contributed by atoms with van der Waals surface area (Å²) in [4.78, 5) is 35.5. The Balaban J connectivity index is 2.45. The highest BCUT2D eigenvalue weighted by atomic mass is 16.2. The molecule has 0 N–H and O–H groups in total. The van der Waals surface area contributed by atoms with Crippen LogP contribution in [0, 0.1) is 0 Å². The summed E-state index contributed by atoms with van der Waals surface area (Å²) in [7, 11) is 0. The van der Waals surface area contributed by atoms with Crippen LogP contribution in [-0.2, 0) is 0 Å². The standard InChI is InChI=1S/C18H21N3O2/c1-12(2)21(13(3)4)18(23)16-14(8-7-11-20-16)17(22)15-9-5-6-10-19-15/h5-13H,1-4H3. The van der Waals surface area contributed by atoms with E-state index in [-0.39, 0.29) is 35.0 Å². The zero-order valence-electron chi connectivity index (χ0n) is 13.9. The zero-order chi connectivity index (χ0) is 17.0. The second-order valence-electron chi connectivity index (χ2n) is 5.84. The molecule has 0 bridgehead atoms. The van der Waals surface area contributed by atoms with Crippen molar-refractivity contribution in [2.45, 2.75) is 39.8 Å². The fraction of sp³-hybridized carbons (Fsp3) is 0.333. The normalized spacial score (nSPS) is 10.9. The Labute approximate surface area is 136 Å². The lowest BCUT2D eigenvalue weighted by Crippen LogP contribution is -2.43. The Morgan fingerprint density at radius 2 is 1.57 bits per heavy atom. The number of hydrogen-bond acceptors (Lipinski definition) is 4. The van der Waals surface area contributed by atoms with Crippen LogP contribution in [0.4, 0.5) is 0 Å². The van der Waals surface area contributed by atoms with Crippen LogP contribution in [-0.4, -0.2) is 38.6 Å². The lowest BCUT2D eigenvalue weighted by Gasteiger charge is -2.30. The molecule has 0 aliphatic rings. The molecular formula is C18H21N3O2. The van der Waals surface area contributed by atoms with Crippen LogP contribution in [0.3, 0.4) is 0 Å². The topological polar surface area (TPSA) is 63.2 Å². The average molecular weight is 311 g/mol. The number of hydrogen-bond donors (Lipinski definition) is 0. The highest BCUT2D eigenvalue weighted by molar-refractivity contribution is 6.13. The molecule has 0 saturated heterocycles. The van der Waals surface area contributed by atoms with Gasteiger partial charge in [0.15, 0.2) is 0 Å². The van der Waals surface area contributed by atoms with Gasteiger partial charge in [-0.15, -0.1) is 0 Å². The number of amides is 1. The van der Waals surface area contributed by atoms with Crippen molar-refractivity contribution in [1.82, 2.24) is 14.9 Å². The third-order valence-electron chi connectivity index (χ3n) is 3.50. The van der Waals surface area contributed by atoms with Crippen molar-refractivity contribution >= 4 is 11.7 Å². The van der Waals surface area contributed by atoms with E-state index in [4.69, 9.17) is 0 Å². The Bertz CT molecular complexity index is 688. The van der Waals surface area contributed by atoms with E-state index in [1.165, 1.54) is 6.20 Å². The Morgan fingerprint density at radius 3 is 2.13 bits per heavy atom. The molecule has 2 rings (SSSR count). The fourth-order valence-corrected chi connectivity index (χ4v) is 2.58. The first kappa shape index (κ1) is 16.8. The van der Waals surface area contributed by atoms with Gasteiger partial charge in [-0.05, 0) is 52.0 Å². The quantitative estimate of drug-likeness (QED) is 0.796. The third kappa shape index (κ3) is 3.62. The van der Waals surface area contributed by atoms with Gasteiger partial charge in [0.25, 0.3) is 5.91 Å². The molecule has 0 aromatic carbocycles. The molecule has 23 heavy (non-hydrogen) atoms. The fourth-order valence-electron chi connectivity index (χ4n) is 2.58.